The van der Waals surface area contributed by atoms with Crippen LogP contribution in [0.4, 0.5) is 5.82 Å². The first-order valence-electron chi connectivity index (χ1n) is 7.69. The molecule has 1 aliphatic rings. The topological polar surface area (TPSA) is 54.5 Å². The van der Waals surface area contributed by atoms with E-state index < -0.39 is 0 Å². The summed E-state index contributed by atoms with van der Waals surface area (Å²) in [5.41, 5.74) is 1.02. The molecule has 0 radical (unpaired) electrons. The first kappa shape index (κ1) is 17.1. The zero-order chi connectivity index (χ0) is 15.9. The molecular formula is C16H25N3O2S. The molecule has 0 spiro atoms. The van der Waals surface area contributed by atoms with Crippen molar-refractivity contribution in [1.82, 2.24) is 10.3 Å². The van der Waals surface area contributed by atoms with Crippen LogP contribution in [0.5, 0.6) is 0 Å². The summed E-state index contributed by atoms with van der Waals surface area (Å²) in [4.78, 5) is 18.4. The molecular weight excluding hydrogens is 298 g/mol. The van der Waals surface area contributed by atoms with Crippen molar-refractivity contribution in [3.63, 3.8) is 0 Å². The molecule has 0 aliphatic carbocycles. The highest BCUT2D eigenvalue weighted by Gasteiger charge is 2.22. The monoisotopic (exact) mass is 323 g/mol. The second-order valence-electron chi connectivity index (χ2n) is 5.71. The number of anilines is 1. The Kier molecular flexibility index (Phi) is 6.51. The summed E-state index contributed by atoms with van der Waals surface area (Å²) < 4.78 is 5.74. The van der Waals surface area contributed by atoms with Gasteiger partial charge in [0, 0.05) is 38.0 Å². The molecule has 1 amide bonds. The van der Waals surface area contributed by atoms with Crippen LogP contribution in [-0.4, -0.2) is 48.2 Å². The molecule has 5 nitrogen and oxygen atoms in total. The van der Waals surface area contributed by atoms with E-state index in [1.165, 1.54) is 0 Å². The zero-order valence-electron chi connectivity index (χ0n) is 13.5. The maximum atomic E-state index is 11.6. The standard InChI is InChI=1S/C16H25N3O2S/c1-12-10-19(11-13(2)21-12)15-5-4-14(8-17-15)9-18-16(20)6-7-22-3/h4-5,8,12-13H,6-7,9-11H2,1-3H3,(H,18,20). The SMILES string of the molecule is CSCCC(=O)NCc1ccc(N2CC(C)OC(C)C2)nc1. The van der Waals surface area contributed by atoms with Gasteiger partial charge in [-0.25, -0.2) is 4.98 Å². The Morgan fingerprint density at radius 1 is 1.41 bits per heavy atom. The molecule has 0 bridgehead atoms. The Morgan fingerprint density at radius 2 is 2.14 bits per heavy atom. The number of carbonyl (C=O) groups excluding carboxylic acids is 1. The fourth-order valence-electron chi connectivity index (χ4n) is 2.56. The molecule has 2 heterocycles. The molecule has 0 saturated carbocycles. The Bertz CT molecular complexity index is 471. The van der Waals surface area contributed by atoms with Crippen LogP contribution in [0.15, 0.2) is 18.3 Å². The largest absolute Gasteiger partial charge is 0.372 e. The summed E-state index contributed by atoms with van der Waals surface area (Å²) in [6, 6.07) is 4.05. The van der Waals surface area contributed by atoms with Gasteiger partial charge in [0.25, 0.3) is 0 Å². The lowest BCUT2D eigenvalue weighted by Crippen LogP contribution is -2.45. The zero-order valence-corrected chi connectivity index (χ0v) is 14.4. The van der Waals surface area contributed by atoms with E-state index in [1.807, 2.05) is 24.6 Å². The van der Waals surface area contributed by atoms with Crippen molar-refractivity contribution in [2.24, 2.45) is 0 Å². The van der Waals surface area contributed by atoms with Crippen molar-refractivity contribution in [2.75, 3.05) is 30.0 Å². The highest BCUT2D eigenvalue weighted by atomic mass is 32.2. The summed E-state index contributed by atoms with van der Waals surface area (Å²) in [6.45, 7) is 6.43. The number of rotatable bonds is 6. The van der Waals surface area contributed by atoms with Gasteiger partial charge in [0.15, 0.2) is 0 Å². The lowest BCUT2D eigenvalue weighted by molar-refractivity contribution is -0.120. The summed E-state index contributed by atoms with van der Waals surface area (Å²) in [6.07, 6.45) is 4.86. The fraction of sp³-hybridized carbons (Fsp3) is 0.625. The third-order valence-electron chi connectivity index (χ3n) is 3.58. The number of aromatic nitrogens is 1. The van der Waals surface area contributed by atoms with E-state index in [1.54, 1.807) is 11.8 Å². The lowest BCUT2D eigenvalue weighted by atomic mass is 10.2. The highest BCUT2D eigenvalue weighted by molar-refractivity contribution is 7.98. The van der Waals surface area contributed by atoms with Gasteiger partial charge < -0.3 is 15.0 Å². The van der Waals surface area contributed by atoms with E-state index >= 15 is 0 Å². The van der Waals surface area contributed by atoms with Crippen LogP contribution in [0.25, 0.3) is 0 Å². The molecule has 6 heteroatoms. The number of pyridine rings is 1. The minimum atomic E-state index is 0.0919. The first-order valence-corrected chi connectivity index (χ1v) is 9.09. The highest BCUT2D eigenvalue weighted by Crippen LogP contribution is 2.18. The normalized spacial score (nSPS) is 21.7. The van der Waals surface area contributed by atoms with Crippen LogP contribution >= 0.6 is 11.8 Å². The second-order valence-corrected chi connectivity index (χ2v) is 6.69. The van der Waals surface area contributed by atoms with Gasteiger partial charge in [0.05, 0.1) is 12.2 Å². The summed E-state index contributed by atoms with van der Waals surface area (Å²) in [5, 5.41) is 2.92. The molecule has 1 N–H and O–H groups in total. The van der Waals surface area contributed by atoms with Crippen LogP contribution in [-0.2, 0) is 16.1 Å². The minimum Gasteiger partial charge on any atom is -0.372 e. The average Bonchev–Trinajstić information content (AvgIpc) is 2.50. The molecule has 1 aromatic heterocycles. The van der Waals surface area contributed by atoms with Crippen molar-refractivity contribution in [3.05, 3.63) is 23.9 Å². The number of nitrogens with zero attached hydrogens (tertiary/aromatic N) is 2. The molecule has 1 aliphatic heterocycles. The van der Waals surface area contributed by atoms with Crippen molar-refractivity contribution >= 4 is 23.5 Å². The van der Waals surface area contributed by atoms with Crippen molar-refractivity contribution in [3.8, 4) is 0 Å². The van der Waals surface area contributed by atoms with E-state index in [0.717, 1.165) is 30.2 Å². The van der Waals surface area contributed by atoms with E-state index in [2.05, 4.69) is 29.0 Å². The van der Waals surface area contributed by atoms with E-state index in [4.69, 9.17) is 4.74 Å². The smallest absolute Gasteiger partial charge is 0.221 e. The van der Waals surface area contributed by atoms with Crippen LogP contribution in [0.3, 0.4) is 0 Å². The third-order valence-corrected chi connectivity index (χ3v) is 4.19. The third kappa shape index (κ3) is 5.18. The molecule has 0 aromatic carbocycles. The van der Waals surface area contributed by atoms with Crippen molar-refractivity contribution in [1.29, 1.82) is 0 Å². The van der Waals surface area contributed by atoms with E-state index in [0.29, 0.717) is 13.0 Å². The Morgan fingerprint density at radius 3 is 2.73 bits per heavy atom. The van der Waals surface area contributed by atoms with Gasteiger partial charge in [0.2, 0.25) is 5.91 Å². The molecule has 1 saturated heterocycles. The molecule has 22 heavy (non-hydrogen) atoms. The quantitative estimate of drug-likeness (QED) is 0.868. The molecule has 2 unspecified atom stereocenters. The van der Waals surface area contributed by atoms with Crippen molar-refractivity contribution < 1.29 is 9.53 Å². The van der Waals surface area contributed by atoms with Gasteiger partial charge in [0.1, 0.15) is 5.82 Å². The number of hydrogen-bond acceptors (Lipinski definition) is 5. The Labute approximate surface area is 136 Å². The predicted molar refractivity (Wildman–Crippen MR) is 91.3 cm³/mol. The number of nitrogens with one attached hydrogen (secondary N) is 1. The maximum absolute atomic E-state index is 11.6. The summed E-state index contributed by atoms with van der Waals surface area (Å²) in [5.74, 6) is 1.92. The average molecular weight is 323 g/mol. The van der Waals surface area contributed by atoms with Crippen LogP contribution in [0, 0.1) is 0 Å². The maximum Gasteiger partial charge on any atom is 0.221 e. The number of ether oxygens (including phenoxy) is 1. The van der Waals surface area contributed by atoms with Gasteiger partial charge in [-0.15, -0.1) is 0 Å². The van der Waals surface area contributed by atoms with Gasteiger partial charge >= 0.3 is 0 Å². The molecule has 122 valence electrons. The van der Waals surface area contributed by atoms with Gasteiger partial charge in [-0.05, 0) is 31.7 Å². The number of amides is 1. The van der Waals surface area contributed by atoms with Gasteiger partial charge in [-0.1, -0.05) is 6.07 Å². The van der Waals surface area contributed by atoms with E-state index in [-0.39, 0.29) is 18.1 Å². The van der Waals surface area contributed by atoms with Gasteiger partial charge in [-0.2, -0.15) is 11.8 Å². The molecule has 2 atom stereocenters. The first-order chi connectivity index (χ1) is 10.6. The van der Waals surface area contributed by atoms with Gasteiger partial charge in [-0.3, -0.25) is 4.79 Å². The van der Waals surface area contributed by atoms with Crippen LogP contribution in [0.2, 0.25) is 0 Å². The molecule has 1 aromatic rings. The Balaban J connectivity index is 1.86. The van der Waals surface area contributed by atoms with Crippen molar-refractivity contribution in [2.45, 2.75) is 39.0 Å². The number of thioether (sulfide) groups is 1. The summed E-state index contributed by atoms with van der Waals surface area (Å²) in [7, 11) is 0. The lowest BCUT2D eigenvalue weighted by Gasteiger charge is -2.36. The number of carbonyl (C=O) groups is 1. The van der Waals surface area contributed by atoms with Crippen LogP contribution in [0.1, 0.15) is 25.8 Å². The predicted octanol–water partition coefficient (Wildman–Crippen LogP) is 2.06. The second kappa shape index (κ2) is 8.39. The Hall–Kier alpha value is -1.27. The number of hydrogen-bond donors (Lipinski definition) is 1. The summed E-state index contributed by atoms with van der Waals surface area (Å²) >= 11 is 1.68. The molecule has 1 fully saturated rings. The number of morpholine rings is 1. The van der Waals surface area contributed by atoms with Crippen LogP contribution < -0.4 is 10.2 Å². The van der Waals surface area contributed by atoms with E-state index in [9.17, 15) is 4.79 Å². The molecule has 2 rings (SSSR count). The fourth-order valence-corrected chi connectivity index (χ4v) is 2.95. The minimum absolute atomic E-state index is 0.0919.